The van der Waals surface area contributed by atoms with Crippen LogP contribution in [-0.2, 0) is 11.3 Å². The first-order valence-corrected chi connectivity index (χ1v) is 8.91. The first-order valence-electron chi connectivity index (χ1n) is 7.24. The molecule has 1 aliphatic rings. The number of hydrogen-bond acceptors (Lipinski definition) is 3. The predicted molar refractivity (Wildman–Crippen MR) is 87.9 cm³/mol. The topological polar surface area (TPSA) is 32.3 Å². The maximum Gasteiger partial charge on any atom is 0.222 e. The van der Waals surface area contributed by atoms with Crippen LogP contribution in [0.3, 0.4) is 0 Å². The smallest absolute Gasteiger partial charge is 0.222 e. The lowest BCUT2D eigenvalue weighted by Crippen LogP contribution is -2.34. The van der Waals surface area contributed by atoms with Gasteiger partial charge in [0.2, 0.25) is 5.91 Å². The normalized spacial score (nSPS) is 17.9. The highest BCUT2D eigenvalue weighted by Gasteiger charge is 2.23. The number of carbonyl (C=O) groups excluding carboxylic acids is 1. The van der Waals surface area contributed by atoms with Crippen LogP contribution in [-0.4, -0.2) is 30.9 Å². The predicted octanol–water partition coefficient (Wildman–Crippen LogP) is 3.49. The molecular weight excluding hydrogens is 336 g/mol. The molecule has 1 aromatic heterocycles. The molecule has 0 saturated carbocycles. The molecule has 1 aliphatic heterocycles. The molecule has 1 aromatic rings. The average Bonchev–Trinajstić information content (AvgIpc) is 2.85. The van der Waals surface area contributed by atoms with E-state index in [-0.39, 0.29) is 5.91 Å². The van der Waals surface area contributed by atoms with E-state index < -0.39 is 0 Å². The number of amides is 1. The molecule has 0 radical (unpaired) electrons. The summed E-state index contributed by atoms with van der Waals surface area (Å²) < 4.78 is 1.12. The highest BCUT2D eigenvalue weighted by Crippen LogP contribution is 2.25. The largest absolute Gasteiger partial charge is 0.341 e. The second-order valence-electron chi connectivity index (χ2n) is 5.78. The van der Waals surface area contributed by atoms with E-state index in [9.17, 15) is 4.79 Å². The Hall–Kier alpha value is -0.390. The van der Waals surface area contributed by atoms with E-state index >= 15 is 0 Å². The third-order valence-corrected chi connectivity index (χ3v) is 5.71. The van der Waals surface area contributed by atoms with Crippen LogP contribution in [0.5, 0.6) is 0 Å². The van der Waals surface area contributed by atoms with Gasteiger partial charge in [0, 0.05) is 20.0 Å². The average molecular weight is 359 g/mol. The van der Waals surface area contributed by atoms with Crippen molar-refractivity contribution in [2.45, 2.75) is 32.7 Å². The van der Waals surface area contributed by atoms with Crippen molar-refractivity contribution in [1.29, 1.82) is 0 Å². The Bertz CT molecular complexity index is 443. The summed E-state index contributed by atoms with van der Waals surface area (Å²) in [4.78, 5) is 14.2. The van der Waals surface area contributed by atoms with E-state index in [1.807, 2.05) is 11.9 Å². The van der Waals surface area contributed by atoms with Crippen LogP contribution in [0.25, 0.3) is 0 Å². The SMILES string of the molecule is CC(CC(=O)N(C)Cc1csc(Br)c1)C1CCNCC1. The van der Waals surface area contributed by atoms with E-state index in [4.69, 9.17) is 0 Å². The van der Waals surface area contributed by atoms with Gasteiger partial charge in [0.15, 0.2) is 0 Å². The first kappa shape index (κ1) is 16.0. The van der Waals surface area contributed by atoms with Crippen molar-refractivity contribution >= 4 is 33.2 Å². The van der Waals surface area contributed by atoms with Crippen LogP contribution < -0.4 is 5.32 Å². The summed E-state index contributed by atoms with van der Waals surface area (Å²) >= 11 is 5.13. The highest BCUT2D eigenvalue weighted by molar-refractivity contribution is 9.11. The van der Waals surface area contributed by atoms with Gasteiger partial charge >= 0.3 is 0 Å². The number of nitrogens with zero attached hydrogens (tertiary/aromatic N) is 1. The molecule has 112 valence electrons. The Morgan fingerprint density at radius 2 is 2.25 bits per heavy atom. The summed E-state index contributed by atoms with van der Waals surface area (Å²) in [6, 6.07) is 2.09. The summed E-state index contributed by atoms with van der Waals surface area (Å²) in [5, 5.41) is 5.48. The lowest BCUT2D eigenvalue weighted by molar-refractivity contribution is -0.131. The standard InChI is InChI=1S/C15H23BrN2OS/c1-11(13-3-5-17-6-4-13)7-15(19)18(2)9-12-8-14(16)20-10-12/h8,10-11,13,17H,3-7,9H2,1-2H3. The zero-order valence-corrected chi connectivity index (χ0v) is 14.6. The third-order valence-electron chi connectivity index (χ3n) is 4.15. The summed E-state index contributed by atoms with van der Waals surface area (Å²) in [5.74, 6) is 1.45. The Morgan fingerprint density at radius 3 is 2.85 bits per heavy atom. The van der Waals surface area contributed by atoms with Gasteiger partial charge in [0.1, 0.15) is 0 Å². The molecule has 0 aliphatic carbocycles. The molecule has 1 saturated heterocycles. The van der Waals surface area contributed by atoms with Crippen LogP contribution >= 0.6 is 27.3 Å². The Labute approximate surface area is 133 Å². The first-order chi connectivity index (χ1) is 9.56. The van der Waals surface area contributed by atoms with Crippen LogP contribution in [0, 0.1) is 11.8 Å². The van der Waals surface area contributed by atoms with Crippen molar-refractivity contribution in [1.82, 2.24) is 10.2 Å². The van der Waals surface area contributed by atoms with Gasteiger partial charge in [-0.25, -0.2) is 0 Å². The number of nitrogens with one attached hydrogen (secondary N) is 1. The molecule has 0 aromatic carbocycles. The molecule has 0 spiro atoms. The molecule has 1 atom stereocenters. The quantitative estimate of drug-likeness (QED) is 0.873. The molecule has 5 heteroatoms. The van der Waals surface area contributed by atoms with Crippen LogP contribution in [0.4, 0.5) is 0 Å². The molecule has 2 heterocycles. The van der Waals surface area contributed by atoms with Crippen LogP contribution in [0.2, 0.25) is 0 Å². The Morgan fingerprint density at radius 1 is 1.55 bits per heavy atom. The molecule has 1 unspecified atom stereocenters. The van der Waals surface area contributed by atoms with Gasteiger partial charge in [-0.1, -0.05) is 6.92 Å². The van der Waals surface area contributed by atoms with Gasteiger partial charge in [-0.2, -0.15) is 0 Å². The van der Waals surface area contributed by atoms with Crippen LogP contribution in [0.15, 0.2) is 15.2 Å². The number of thiophene rings is 1. The fourth-order valence-electron chi connectivity index (χ4n) is 2.80. The minimum atomic E-state index is 0.262. The van der Waals surface area contributed by atoms with E-state index in [0.717, 1.165) is 16.9 Å². The minimum Gasteiger partial charge on any atom is -0.341 e. The van der Waals surface area contributed by atoms with E-state index in [1.165, 1.54) is 18.4 Å². The van der Waals surface area contributed by atoms with Crippen molar-refractivity contribution < 1.29 is 4.79 Å². The van der Waals surface area contributed by atoms with Gasteiger partial charge in [-0.05, 0) is 70.7 Å². The molecule has 1 fully saturated rings. The number of rotatable bonds is 5. The van der Waals surface area contributed by atoms with Crippen molar-refractivity contribution in [3.8, 4) is 0 Å². The zero-order valence-electron chi connectivity index (χ0n) is 12.2. The van der Waals surface area contributed by atoms with Crippen molar-refractivity contribution in [2.75, 3.05) is 20.1 Å². The lowest BCUT2D eigenvalue weighted by Gasteiger charge is -2.29. The molecule has 3 nitrogen and oxygen atoms in total. The Balaban J connectivity index is 1.80. The number of piperidine rings is 1. The second-order valence-corrected chi connectivity index (χ2v) is 8.07. The Kier molecular flexibility index (Phi) is 6.05. The van der Waals surface area contributed by atoms with Gasteiger partial charge in [-0.3, -0.25) is 4.79 Å². The molecule has 20 heavy (non-hydrogen) atoms. The van der Waals surface area contributed by atoms with Gasteiger partial charge < -0.3 is 10.2 Å². The summed E-state index contributed by atoms with van der Waals surface area (Å²) in [7, 11) is 1.91. The summed E-state index contributed by atoms with van der Waals surface area (Å²) in [6.07, 6.45) is 3.08. The summed E-state index contributed by atoms with van der Waals surface area (Å²) in [5.41, 5.74) is 1.20. The fraction of sp³-hybridized carbons (Fsp3) is 0.667. The molecular formula is C15H23BrN2OS. The van der Waals surface area contributed by atoms with Crippen molar-refractivity contribution in [3.05, 3.63) is 20.8 Å². The van der Waals surface area contributed by atoms with Gasteiger partial charge in [0.05, 0.1) is 3.79 Å². The number of hydrogen-bond donors (Lipinski definition) is 1. The zero-order chi connectivity index (χ0) is 14.5. The lowest BCUT2D eigenvalue weighted by atomic mass is 9.84. The number of carbonyl (C=O) groups is 1. The van der Waals surface area contributed by atoms with E-state index in [2.05, 4.69) is 39.6 Å². The van der Waals surface area contributed by atoms with Crippen LogP contribution in [0.1, 0.15) is 31.7 Å². The maximum atomic E-state index is 12.3. The molecule has 2 rings (SSSR count). The van der Waals surface area contributed by atoms with Gasteiger partial charge in [0.25, 0.3) is 0 Å². The molecule has 1 N–H and O–H groups in total. The van der Waals surface area contributed by atoms with E-state index in [0.29, 0.717) is 24.8 Å². The van der Waals surface area contributed by atoms with Crippen molar-refractivity contribution in [3.63, 3.8) is 0 Å². The maximum absolute atomic E-state index is 12.3. The summed E-state index contributed by atoms with van der Waals surface area (Å²) in [6.45, 7) is 5.13. The monoisotopic (exact) mass is 358 g/mol. The fourth-order valence-corrected chi connectivity index (χ4v) is 4.00. The number of halogens is 1. The van der Waals surface area contributed by atoms with Crippen molar-refractivity contribution in [2.24, 2.45) is 11.8 Å². The third kappa shape index (κ3) is 4.57. The molecule has 1 amide bonds. The minimum absolute atomic E-state index is 0.262. The molecule has 0 bridgehead atoms. The van der Waals surface area contributed by atoms with Gasteiger partial charge in [-0.15, -0.1) is 11.3 Å². The highest BCUT2D eigenvalue weighted by atomic mass is 79.9. The van der Waals surface area contributed by atoms with E-state index in [1.54, 1.807) is 11.3 Å². The second kappa shape index (κ2) is 7.57.